The number of hydrogen-bond donors (Lipinski definition) is 2. The Labute approximate surface area is 103 Å². The van der Waals surface area contributed by atoms with Crippen molar-refractivity contribution in [1.29, 1.82) is 0 Å². The molecule has 0 aromatic carbocycles. The van der Waals surface area contributed by atoms with E-state index in [1.165, 1.54) is 5.57 Å². The lowest BCUT2D eigenvalue weighted by Gasteiger charge is -2.16. The third-order valence-electron chi connectivity index (χ3n) is 3.55. The molecule has 1 saturated heterocycles. The van der Waals surface area contributed by atoms with Gasteiger partial charge in [0.25, 0.3) is 0 Å². The number of ether oxygens (including phenoxy) is 1. The van der Waals surface area contributed by atoms with E-state index in [0.29, 0.717) is 5.92 Å². The molecule has 0 aromatic heterocycles. The molecular weight excluding hydrogens is 216 g/mol. The van der Waals surface area contributed by atoms with E-state index in [-0.39, 0.29) is 12.0 Å². The molecule has 2 aliphatic rings. The molecule has 4 heteroatoms. The summed E-state index contributed by atoms with van der Waals surface area (Å²) in [4.78, 5) is 11.8. The highest BCUT2D eigenvalue weighted by atomic mass is 16.5. The van der Waals surface area contributed by atoms with Crippen molar-refractivity contribution in [3.8, 4) is 0 Å². The van der Waals surface area contributed by atoms with Gasteiger partial charge in [-0.2, -0.15) is 0 Å². The molecular formula is C13H22N2O2. The number of rotatable bonds is 4. The molecule has 1 fully saturated rings. The van der Waals surface area contributed by atoms with Crippen LogP contribution in [0.2, 0.25) is 0 Å². The normalized spacial score (nSPS) is 28.9. The van der Waals surface area contributed by atoms with Crippen molar-refractivity contribution in [3.63, 3.8) is 0 Å². The fourth-order valence-electron chi connectivity index (χ4n) is 2.37. The van der Waals surface area contributed by atoms with Crippen molar-refractivity contribution in [2.75, 3.05) is 26.2 Å². The first-order valence-corrected chi connectivity index (χ1v) is 6.55. The van der Waals surface area contributed by atoms with Gasteiger partial charge in [0.1, 0.15) is 6.10 Å². The predicted octanol–water partition coefficient (Wildman–Crippen LogP) is 0.837. The van der Waals surface area contributed by atoms with E-state index in [1.54, 1.807) is 0 Å². The van der Waals surface area contributed by atoms with Crippen molar-refractivity contribution in [3.05, 3.63) is 11.6 Å². The first-order valence-electron chi connectivity index (χ1n) is 6.55. The van der Waals surface area contributed by atoms with Gasteiger partial charge in [-0.05, 0) is 31.7 Å². The minimum atomic E-state index is -0.225. The number of carbonyl (C=O) groups is 1. The number of carbonyl (C=O) groups excluding carboxylic acids is 1. The van der Waals surface area contributed by atoms with Crippen LogP contribution in [0.3, 0.4) is 0 Å². The number of hydrogen-bond acceptors (Lipinski definition) is 3. The third-order valence-corrected chi connectivity index (χ3v) is 3.55. The van der Waals surface area contributed by atoms with Crippen molar-refractivity contribution in [2.24, 2.45) is 5.92 Å². The summed E-state index contributed by atoms with van der Waals surface area (Å²) in [6, 6.07) is 0. The molecule has 0 bridgehead atoms. The second-order valence-electron chi connectivity index (χ2n) is 4.91. The fraction of sp³-hybridized carbons (Fsp3) is 0.769. The zero-order valence-corrected chi connectivity index (χ0v) is 10.5. The van der Waals surface area contributed by atoms with Crippen LogP contribution >= 0.6 is 0 Å². The second kappa shape index (κ2) is 6.17. The highest BCUT2D eigenvalue weighted by Gasteiger charge is 2.30. The van der Waals surface area contributed by atoms with Gasteiger partial charge in [-0.25, -0.2) is 0 Å². The SMILES string of the molecule is CC1CCOC1C(=O)NCCC1=CCNCC1. The lowest BCUT2D eigenvalue weighted by atomic mass is 10.0. The Hall–Kier alpha value is -0.870. The zero-order chi connectivity index (χ0) is 12.1. The molecule has 2 N–H and O–H groups in total. The van der Waals surface area contributed by atoms with Gasteiger partial charge in [0.15, 0.2) is 0 Å². The Kier molecular flexibility index (Phi) is 4.57. The van der Waals surface area contributed by atoms with Gasteiger partial charge in [-0.1, -0.05) is 18.6 Å². The van der Waals surface area contributed by atoms with Gasteiger partial charge in [0.05, 0.1) is 0 Å². The summed E-state index contributed by atoms with van der Waals surface area (Å²) in [5, 5.41) is 6.26. The van der Waals surface area contributed by atoms with E-state index in [9.17, 15) is 4.79 Å². The first-order chi connectivity index (χ1) is 8.27. The topological polar surface area (TPSA) is 50.4 Å². The van der Waals surface area contributed by atoms with Crippen LogP contribution in [-0.4, -0.2) is 38.3 Å². The Morgan fingerprint density at radius 3 is 3.18 bits per heavy atom. The van der Waals surface area contributed by atoms with Gasteiger partial charge in [-0.15, -0.1) is 0 Å². The molecule has 2 aliphatic heterocycles. The predicted molar refractivity (Wildman–Crippen MR) is 66.7 cm³/mol. The molecule has 0 aromatic rings. The Morgan fingerprint density at radius 2 is 2.53 bits per heavy atom. The van der Waals surface area contributed by atoms with Crippen LogP contribution in [0.1, 0.15) is 26.2 Å². The van der Waals surface area contributed by atoms with Gasteiger partial charge in [0.2, 0.25) is 5.91 Å². The largest absolute Gasteiger partial charge is 0.368 e. The summed E-state index contributed by atoms with van der Waals surface area (Å²) >= 11 is 0. The highest BCUT2D eigenvalue weighted by molar-refractivity contribution is 5.81. The van der Waals surface area contributed by atoms with Crippen LogP contribution < -0.4 is 10.6 Å². The second-order valence-corrected chi connectivity index (χ2v) is 4.91. The average Bonchev–Trinajstić information content (AvgIpc) is 2.77. The van der Waals surface area contributed by atoms with E-state index in [1.807, 2.05) is 0 Å². The van der Waals surface area contributed by atoms with Gasteiger partial charge in [-0.3, -0.25) is 4.79 Å². The van der Waals surface area contributed by atoms with E-state index >= 15 is 0 Å². The van der Waals surface area contributed by atoms with Gasteiger partial charge in [0, 0.05) is 19.7 Å². The monoisotopic (exact) mass is 238 g/mol. The molecule has 0 spiro atoms. The number of amides is 1. The first kappa shape index (κ1) is 12.6. The van der Waals surface area contributed by atoms with Crippen molar-refractivity contribution >= 4 is 5.91 Å². The minimum Gasteiger partial charge on any atom is -0.368 e. The summed E-state index contributed by atoms with van der Waals surface area (Å²) in [5.74, 6) is 0.414. The van der Waals surface area contributed by atoms with E-state index in [0.717, 1.165) is 45.5 Å². The summed E-state index contributed by atoms with van der Waals surface area (Å²) in [5.41, 5.74) is 1.45. The molecule has 1 amide bonds. The molecule has 0 radical (unpaired) electrons. The molecule has 0 aliphatic carbocycles. The van der Waals surface area contributed by atoms with Gasteiger partial charge < -0.3 is 15.4 Å². The molecule has 4 nitrogen and oxygen atoms in total. The summed E-state index contributed by atoms with van der Waals surface area (Å²) in [7, 11) is 0. The molecule has 2 heterocycles. The third kappa shape index (κ3) is 3.54. The van der Waals surface area contributed by atoms with Crippen molar-refractivity contribution < 1.29 is 9.53 Å². The van der Waals surface area contributed by atoms with E-state index in [2.05, 4.69) is 23.6 Å². The maximum Gasteiger partial charge on any atom is 0.249 e. The van der Waals surface area contributed by atoms with Crippen LogP contribution in [-0.2, 0) is 9.53 Å². The van der Waals surface area contributed by atoms with Crippen molar-refractivity contribution in [2.45, 2.75) is 32.3 Å². The molecule has 96 valence electrons. The fourth-order valence-corrected chi connectivity index (χ4v) is 2.37. The van der Waals surface area contributed by atoms with Gasteiger partial charge >= 0.3 is 0 Å². The molecule has 17 heavy (non-hydrogen) atoms. The maximum atomic E-state index is 11.8. The highest BCUT2D eigenvalue weighted by Crippen LogP contribution is 2.20. The average molecular weight is 238 g/mol. The Balaban J connectivity index is 1.67. The summed E-state index contributed by atoms with van der Waals surface area (Å²) in [6.45, 7) is 5.55. The smallest absolute Gasteiger partial charge is 0.249 e. The minimum absolute atomic E-state index is 0.0598. The molecule has 2 atom stereocenters. The lowest BCUT2D eigenvalue weighted by Crippen LogP contribution is -2.38. The maximum absolute atomic E-state index is 11.8. The van der Waals surface area contributed by atoms with Crippen LogP contribution in [0.5, 0.6) is 0 Å². The Bertz CT molecular complexity index is 302. The van der Waals surface area contributed by atoms with Crippen LogP contribution in [0.4, 0.5) is 0 Å². The van der Waals surface area contributed by atoms with Crippen LogP contribution in [0.15, 0.2) is 11.6 Å². The summed E-state index contributed by atoms with van der Waals surface area (Å²) in [6.07, 6.45) is 5.07. The van der Waals surface area contributed by atoms with E-state index in [4.69, 9.17) is 4.74 Å². The number of nitrogens with one attached hydrogen (secondary N) is 2. The van der Waals surface area contributed by atoms with Crippen LogP contribution in [0.25, 0.3) is 0 Å². The summed E-state index contributed by atoms with van der Waals surface area (Å²) < 4.78 is 5.43. The van der Waals surface area contributed by atoms with Crippen molar-refractivity contribution in [1.82, 2.24) is 10.6 Å². The Morgan fingerprint density at radius 1 is 1.65 bits per heavy atom. The van der Waals surface area contributed by atoms with E-state index < -0.39 is 0 Å². The molecule has 2 rings (SSSR count). The zero-order valence-electron chi connectivity index (χ0n) is 10.5. The molecule has 0 saturated carbocycles. The molecule has 2 unspecified atom stereocenters. The van der Waals surface area contributed by atoms with Crippen LogP contribution in [0, 0.1) is 5.92 Å². The standard InChI is InChI=1S/C13H22N2O2/c1-10-5-9-17-12(10)13(16)15-8-4-11-2-6-14-7-3-11/h2,10,12,14H,3-9H2,1H3,(H,15,16). The quantitative estimate of drug-likeness (QED) is 0.714. The lowest BCUT2D eigenvalue weighted by molar-refractivity contribution is -0.131.